The van der Waals surface area contributed by atoms with Crippen molar-refractivity contribution in [1.82, 2.24) is 4.98 Å². The second-order valence-corrected chi connectivity index (χ2v) is 6.69. The fourth-order valence-corrected chi connectivity index (χ4v) is 3.38. The van der Waals surface area contributed by atoms with Crippen molar-refractivity contribution < 1.29 is 9.53 Å². The Morgan fingerprint density at radius 3 is 2.91 bits per heavy atom. The molecule has 1 aliphatic heterocycles. The molecule has 1 aromatic heterocycles. The zero-order valence-corrected chi connectivity index (χ0v) is 14.2. The molecule has 1 aromatic carbocycles. The lowest BCUT2D eigenvalue weighted by Crippen LogP contribution is -2.26. The predicted molar refractivity (Wildman–Crippen MR) is 93.8 cm³/mol. The summed E-state index contributed by atoms with van der Waals surface area (Å²) in [6.07, 6.45) is 4.97. The van der Waals surface area contributed by atoms with Crippen LogP contribution in [0, 0.1) is 0 Å². The minimum atomic E-state index is -0.319. The number of carbonyl (C=O) groups is 1. The molecular weight excluding hydrogens is 308 g/mol. The van der Waals surface area contributed by atoms with E-state index in [0.717, 1.165) is 30.5 Å². The minimum Gasteiger partial charge on any atom is -0.368 e. The lowest BCUT2D eigenvalue weighted by atomic mass is 10.1. The summed E-state index contributed by atoms with van der Waals surface area (Å²) in [5.74, 6) is -0.0849. The monoisotopic (exact) mass is 330 g/mol. The Kier molecular flexibility index (Phi) is 5.41. The second-order valence-electron chi connectivity index (χ2n) is 5.83. The number of aryl methyl sites for hydroxylation is 1. The van der Waals surface area contributed by atoms with Gasteiger partial charge >= 0.3 is 0 Å². The normalized spacial score (nSPS) is 17.3. The van der Waals surface area contributed by atoms with E-state index in [2.05, 4.69) is 41.5 Å². The van der Waals surface area contributed by atoms with Crippen molar-refractivity contribution in [2.75, 3.05) is 11.9 Å². The van der Waals surface area contributed by atoms with E-state index in [0.29, 0.717) is 11.7 Å². The molecule has 1 amide bonds. The average Bonchev–Trinajstić information content (AvgIpc) is 3.25. The number of thiazole rings is 1. The number of carbonyl (C=O) groups excluding carboxylic acids is 1. The van der Waals surface area contributed by atoms with Gasteiger partial charge in [0.1, 0.15) is 6.10 Å². The van der Waals surface area contributed by atoms with E-state index in [1.807, 2.05) is 5.38 Å². The van der Waals surface area contributed by atoms with Crippen LogP contribution >= 0.6 is 11.3 Å². The standard InChI is InChI=1S/C18H22N2O2S/c1-2-3-5-13-7-9-14(10-8-13)15-12-23-18(19-15)20-17(21)16-6-4-11-22-16/h7-10,12,16H,2-6,11H2,1H3,(H,19,20,21). The average molecular weight is 330 g/mol. The molecule has 23 heavy (non-hydrogen) atoms. The maximum atomic E-state index is 12.0. The SMILES string of the molecule is CCCCc1ccc(-c2csc(NC(=O)C3CCCO3)n2)cc1. The van der Waals surface area contributed by atoms with E-state index in [9.17, 15) is 4.79 Å². The number of ether oxygens (including phenoxy) is 1. The summed E-state index contributed by atoms with van der Waals surface area (Å²) >= 11 is 1.45. The van der Waals surface area contributed by atoms with Gasteiger partial charge in [0.2, 0.25) is 0 Å². The highest BCUT2D eigenvalue weighted by atomic mass is 32.1. The fraction of sp³-hybridized carbons (Fsp3) is 0.444. The highest BCUT2D eigenvalue weighted by molar-refractivity contribution is 7.14. The number of benzene rings is 1. The topological polar surface area (TPSA) is 51.2 Å². The third kappa shape index (κ3) is 4.18. The van der Waals surface area contributed by atoms with Crippen LogP contribution in [0.1, 0.15) is 38.2 Å². The van der Waals surface area contributed by atoms with Gasteiger partial charge in [0.15, 0.2) is 5.13 Å². The molecule has 1 N–H and O–H groups in total. The van der Waals surface area contributed by atoms with Gasteiger partial charge in [-0.2, -0.15) is 0 Å². The molecule has 1 unspecified atom stereocenters. The Bertz CT molecular complexity index is 645. The Balaban J connectivity index is 1.63. The van der Waals surface area contributed by atoms with E-state index < -0.39 is 0 Å². The molecule has 122 valence electrons. The van der Waals surface area contributed by atoms with Gasteiger partial charge in [0.05, 0.1) is 5.69 Å². The molecular formula is C18H22N2O2S. The summed E-state index contributed by atoms with van der Waals surface area (Å²) in [6.45, 7) is 2.88. The molecule has 3 rings (SSSR count). The van der Waals surface area contributed by atoms with Crippen molar-refractivity contribution >= 4 is 22.4 Å². The zero-order chi connectivity index (χ0) is 16.1. The molecule has 0 aliphatic carbocycles. The van der Waals surface area contributed by atoms with Crippen LogP contribution in [-0.2, 0) is 16.0 Å². The number of anilines is 1. The number of nitrogens with one attached hydrogen (secondary N) is 1. The highest BCUT2D eigenvalue weighted by Gasteiger charge is 2.24. The summed E-state index contributed by atoms with van der Waals surface area (Å²) in [6, 6.07) is 8.53. The van der Waals surface area contributed by atoms with Crippen LogP contribution < -0.4 is 5.32 Å². The van der Waals surface area contributed by atoms with Crippen molar-refractivity contribution in [2.45, 2.75) is 45.1 Å². The number of aromatic nitrogens is 1. The van der Waals surface area contributed by atoms with Crippen molar-refractivity contribution in [3.63, 3.8) is 0 Å². The first kappa shape index (κ1) is 16.1. The molecule has 2 aromatic rings. The Hall–Kier alpha value is -1.72. The number of unbranched alkanes of at least 4 members (excludes halogenated alkanes) is 1. The van der Waals surface area contributed by atoms with Crippen molar-refractivity contribution in [3.05, 3.63) is 35.2 Å². The van der Waals surface area contributed by atoms with E-state index >= 15 is 0 Å². The molecule has 1 aliphatic rings. The Morgan fingerprint density at radius 1 is 1.39 bits per heavy atom. The van der Waals surface area contributed by atoms with Gasteiger partial charge in [-0.15, -0.1) is 11.3 Å². The number of hydrogen-bond acceptors (Lipinski definition) is 4. The molecule has 1 saturated heterocycles. The molecule has 1 atom stereocenters. The van der Waals surface area contributed by atoms with E-state index in [1.165, 1.54) is 29.7 Å². The van der Waals surface area contributed by atoms with Gasteiger partial charge in [-0.3, -0.25) is 10.1 Å². The molecule has 4 nitrogen and oxygen atoms in total. The largest absolute Gasteiger partial charge is 0.368 e. The van der Waals surface area contributed by atoms with Crippen molar-refractivity contribution in [1.29, 1.82) is 0 Å². The highest BCUT2D eigenvalue weighted by Crippen LogP contribution is 2.26. The molecule has 0 spiro atoms. The first-order chi connectivity index (χ1) is 11.3. The number of nitrogens with zero attached hydrogens (tertiary/aromatic N) is 1. The smallest absolute Gasteiger partial charge is 0.255 e. The van der Waals surface area contributed by atoms with Gasteiger partial charge in [-0.25, -0.2) is 4.98 Å². The number of hydrogen-bond donors (Lipinski definition) is 1. The maximum Gasteiger partial charge on any atom is 0.255 e. The Labute approximate surface area is 140 Å². The van der Waals surface area contributed by atoms with E-state index in [-0.39, 0.29) is 12.0 Å². The third-order valence-electron chi connectivity index (χ3n) is 4.03. The molecule has 2 heterocycles. The van der Waals surface area contributed by atoms with Crippen LogP contribution in [0.4, 0.5) is 5.13 Å². The lowest BCUT2D eigenvalue weighted by Gasteiger charge is -2.07. The fourth-order valence-electron chi connectivity index (χ4n) is 2.66. The second kappa shape index (κ2) is 7.70. The summed E-state index contributed by atoms with van der Waals surface area (Å²) in [5.41, 5.74) is 3.34. The number of rotatable bonds is 6. The lowest BCUT2D eigenvalue weighted by molar-refractivity contribution is -0.124. The third-order valence-corrected chi connectivity index (χ3v) is 4.78. The maximum absolute atomic E-state index is 12.0. The Morgan fingerprint density at radius 2 is 2.22 bits per heavy atom. The van der Waals surface area contributed by atoms with E-state index in [4.69, 9.17) is 4.74 Å². The van der Waals surface area contributed by atoms with Crippen LogP contribution in [0.15, 0.2) is 29.6 Å². The van der Waals surface area contributed by atoms with Gasteiger partial charge in [-0.05, 0) is 31.2 Å². The number of amides is 1. The van der Waals surface area contributed by atoms with Crippen LogP contribution in [0.25, 0.3) is 11.3 Å². The predicted octanol–water partition coefficient (Wildman–Crippen LogP) is 4.27. The summed E-state index contributed by atoms with van der Waals surface area (Å²) in [5, 5.41) is 5.47. The minimum absolute atomic E-state index is 0.0849. The van der Waals surface area contributed by atoms with Gasteiger partial charge in [0, 0.05) is 17.6 Å². The molecule has 1 fully saturated rings. The molecule has 5 heteroatoms. The van der Waals surface area contributed by atoms with Gasteiger partial charge in [0.25, 0.3) is 5.91 Å². The van der Waals surface area contributed by atoms with Gasteiger partial charge < -0.3 is 4.74 Å². The first-order valence-corrected chi connectivity index (χ1v) is 9.11. The summed E-state index contributed by atoms with van der Waals surface area (Å²) < 4.78 is 5.39. The summed E-state index contributed by atoms with van der Waals surface area (Å²) in [7, 11) is 0. The molecule has 0 saturated carbocycles. The molecule has 0 radical (unpaired) electrons. The van der Waals surface area contributed by atoms with Gasteiger partial charge in [-0.1, -0.05) is 37.6 Å². The van der Waals surface area contributed by atoms with Crippen LogP contribution in [0.2, 0.25) is 0 Å². The quantitative estimate of drug-likeness (QED) is 0.860. The van der Waals surface area contributed by atoms with Crippen molar-refractivity contribution in [2.24, 2.45) is 0 Å². The van der Waals surface area contributed by atoms with Crippen LogP contribution in [0.3, 0.4) is 0 Å². The van der Waals surface area contributed by atoms with Crippen LogP contribution in [0.5, 0.6) is 0 Å². The van der Waals surface area contributed by atoms with E-state index in [1.54, 1.807) is 0 Å². The zero-order valence-electron chi connectivity index (χ0n) is 13.4. The molecule has 0 bridgehead atoms. The van der Waals surface area contributed by atoms with Crippen molar-refractivity contribution in [3.8, 4) is 11.3 Å². The summed E-state index contributed by atoms with van der Waals surface area (Å²) in [4.78, 5) is 16.6. The van der Waals surface area contributed by atoms with Crippen LogP contribution in [-0.4, -0.2) is 23.6 Å². The first-order valence-electron chi connectivity index (χ1n) is 8.23.